The summed E-state index contributed by atoms with van der Waals surface area (Å²) in [5.74, 6) is -0.401. The van der Waals surface area contributed by atoms with Crippen molar-refractivity contribution < 1.29 is 4.79 Å². The highest BCUT2D eigenvalue weighted by molar-refractivity contribution is 5.96. The molecule has 8 heteroatoms. The van der Waals surface area contributed by atoms with Crippen LogP contribution in [0.15, 0.2) is 84.0 Å². The number of amides is 1. The fourth-order valence-electron chi connectivity index (χ4n) is 4.16. The average molecular weight is 465 g/mol. The van der Waals surface area contributed by atoms with Crippen molar-refractivity contribution in [1.29, 1.82) is 5.41 Å². The average Bonchev–Trinajstić information content (AvgIpc) is 2.88. The van der Waals surface area contributed by atoms with Gasteiger partial charge in [-0.2, -0.15) is 0 Å². The molecule has 0 atom stereocenters. The number of hydrogen-bond donors (Lipinski definition) is 2. The molecule has 2 N–H and O–H groups in total. The Balaban J connectivity index is 1.62. The van der Waals surface area contributed by atoms with Crippen molar-refractivity contribution in [3.8, 4) is 0 Å². The number of aromatic nitrogens is 4. The van der Waals surface area contributed by atoms with Gasteiger partial charge in [-0.25, -0.2) is 4.98 Å². The minimum Gasteiger partial charge on any atom is -0.352 e. The molecule has 4 heterocycles. The fraction of sp³-hybridized carbons (Fsp3) is 0.148. The molecule has 0 saturated carbocycles. The Labute approximate surface area is 201 Å². The number of aryl methyl sites for hydroxylation is 1. The van der Waals surface area contributed by atoms with Crippen LogP contribution in [0.4, 0.5) is 0 Å². The molecule has 0 aliphatic rings. The van der Waals surface area contributed by atoms with Crippen LogP contribution >= 0.6 is 0 Å². The molecule has 0 fully saturated rings. The molecule has 0 saturated heterocycles. The van der Waals surface area contributed by atoms with E-state index in [1.54, 1.807) is 29.2 Å². The zero-order valence-electron chi connectivity index (χ0n) is 19.2. The van der Waals surface area contributed by atoms with Crippen molar-refractivity contribution in [2.24, 2.45) is 0 Å². The number of benzene rings is 1. The third-order valence-corrected chi connectivity index (χ3v) is 5.98. The Morgan fingerprint density at radius 3 is 2.60 bits per heavy atom. The van der Waals surface area contributed by atoms with Gasteiger partial charge in [-0.15, -0.1) is 0 Å². The Morgan fingerprint density at radius 1 is 1.03 bits per heavy atom. The summed E-state index contributed by atoms with van der Waals surface area (Å²) in [6, 6.07) is 18.7. The summed E-state index contributed by atoms with van der Waals surface area (Å²) < 4.78 is 3.08. The number of nitrogens with one attached hydrogen (secondary N) is 2. The molecule has 0 unspecified atom stereocenters. The molecule has 35 heavy (non-hydrogen) atoms. The first-order valence-electron chi connectivity index (χ1n) is 11.3. The highest BCUT2D eigenvalue weighted by atomic mass is 16.1. The third kappa shape index (κ3) is 4.33. The summed E-state index contributed by atoms with van der Waals surface area (Å²) in [5.41, 5.74) is 3.49. The number of fused-ring (bicyclic) bond motifs is 2. The van der Waals surface area contributed by atoms with Crippen LogP contribution in [0.1, 0.15) is 27.0 Å². The lowest BCUT2D eigenvalue weighted by Gasteiger charge is -2.15. The molecule has 4 aromatic heterocycles. The first-order valence-corrected chi connectivity index (χ1v) is 11.3. The normalized spacial score (nSPS) is 11.1. The summed E-state index contributed by atoms with van der Waals surface area (Å²) >= 11 is 0. The second-order valence-corrected chi connectivity index (χ2v) is 8.38. The van der Waals surface area contributed by atoms with Gasteiger partial charge in [-0.1, -0.05) is 42.5 Å². The molecular weight excluding hydrogens is 440 g/mol. The van der Waals surface area contributed by atoms with E-state index in [9.17, 15) is 9.59 Å². The van der Waals surface area contributed by atoms with E-state index in [-0.39, 0.29) is 28.5 Å². The Bertz CT molecular complexity index is 1660. The molecule has 0 bridgehead atoms. The predicted molar refractivity (Wildman–Crippen MR) is 133 cm³/mol. The summed E-state index contributed by atoms with van der Waals surface area (Å²) in [5, 5.41) is 12.0. The quantitative estimate of drug-likeness (QED) is 0.377. The molecule has 0 radical (unpaired) electrons. The van der Waals surface area contributed by atoms with Gasteiger partial charge in [0, 0.05) is 25.1 Å². The minimum absolute atomic E-state index is 0.0107. The highest BCUT2D eigenvalue weighted by Gasteiger charge is 2.18. The molecule has 8 nitrogen and oxygen atoms in total. The lowest BCUT2D eigenvalue weighted by atomic mass is 10.1. The first kappa shape index (κ1) is 22.2. The van der Waals surface area contributed by atoms with Crippen molar-refractivity contribution in [1.82, 2.24) is 24.3 Å². The van der Waals surface area contributed by atoms with Gasteiger partial charge in [0.25, 0.3) is 11.5 Å². The van der Waals surface area contributed by atoms with Gasteiger partial charge in [0.05, 0.1) is 17.5 Å². The summed E-state index contributed by atoms with van der Waals surface area (Å²) in [6.45, 7) is 2.55. The number of carbonyl (C=O) groups is 1. The van der Waals surface area contributed by atoms with Gasteiger partial charge in [0.1, 0.15) is 16.8 Å². The van der Waals surface area contributed by atoms with Crippen LogP contribution in [0.3, 0.4) is 0 Å². The van der Waals surface area contributed by atoms with Crippen LogP contribution in [-0.4, -0.2) is 31.4 Å². The van der Waals surface area contributed by atoms with Crippen molar-refractivity contribution in [2.45, 2.75) is 19.9 Å². The maximum Gasteiger partial charge on any atom is 0.267 e. The number of pyridine rings is 3. The van der Waals surface area contributed by atoms with E-state index in [0.717, 1.165) is 16.7 Å². The lowest BCUT2D eigenvalue weighted by molar-refractivity contribution is 0.0951. The minimum atomic E-state index is -0.401. The van der Waals surface area contributed by atoms with Crippen LogP contribution in [-0.2, 0) is 13.0 Å². The highest BCUT2D eigenvalue weighted by Crippen LogP contribution is 2.14. The summed E-state index contributed by atoms with van der Waals surface area (Å²) in [7, 11) is 0. The summed E-state index contributed by atoms with van der Waals surface area (Å²) in [6.07, 6.45) is 5.70. The van der Waals surface area contributed by atoms with Gasteiger partial charge in [0.15, 0.2) is 0 Å². The fourth-order valence-corrected chi connectivity index (χ4v) is 4.16. The number of carbonyl (C=O) groups excluding carboxylic acids is 1. The maximum absolute atomic E-state index is 13.4. The van der Waals surface area contributed by atoms with Crippen molar-refractivity contribution in [3.63, 3.8) is 0 Å². The van der Waals surface area contributed by atoms with E-state index < -0.39 is 5.91 Å². The molecule has 1 amide bonds. The van der Waals surface area contributed by atoms with Crippen LogP contribution in [0, 0.1) is 12.3 Å². The van der Waals surface area contributed by atoms with Crippen molar-refractivity contribution >= 4 is 22.6 Å². The van der Waals surface area contributed by atoms with Crippen LogP contribution in [0.25, 0.3) is 16.7 Å². The van der Waals surface area contributed by atoms with Crippen molar-refractivity contribution in [2.75, 3.05) is 6.54 Å². The largest absolute Gasteiger partial charge is 0.352 e. The smallest absolute Gasteiger partial charge is 0.267 e. The van der Waals surface area contributed by atoms with Crippen molar-refractivity contribution in [3.05, 3.63) is 117 Å². The Hall–Kier alpha value is -4.59. The number of nitrogens with zero attached hydrogens (tertiary/aromatic N) is 4. The van der Waals surface area contributed by atoms with Gasteiger partial charge in [-0.05, 0) is 48.2 Å². The van der Waals surface area contributed by atoms with Crippen LogP contribution in [0.2, 0.25) is 0 Å². The van der Waals surface area contributed by atoms with Crippen LogP contribution < -0.4 is 16.4 Å². The zero-order valence-corrected chi connectivity index (χ0v) is 19.2. The molecule has 5 aromatic rings. The number of rotatable bonds is 6. The zero-order chi connectivity index (χ0) is 24.4. The Kier molecular flexibility index (Phi) is 5.93. The van der Waals surface area contributed by atoms with E-state index in [1.807, 2.05) is 55.5 Å². The third-order valence-electron chi connectivity index (χ3n) is 5.98. The van der Waals surface area contributed by atoms with E-state index >= 15 is 0 Å². The summed E-state index contributed by atoms with van der Waals surface area (Å²) in [4.78, 5) is 35.5. The standard InChI is InChI=1S/C27H24N6O2/c1-18-7-6-14-32-24(18)31-25-22(27(32)35)15-21(23(28)33(25)17-20-10-5-12-29-16-20)26(34)30-13-11-19-8-3-2-4-9-19/h2-10,12,14-16,28H,11,13,17H2,1H3,(H,30,34). The molecule has 0 spiro atoms. The number of hydrogen-bond acceptors (Lipinski definition) is 5. The van der Waals surface area contributed by atoms with Crippen LogP contribution in [0.5, 0.6) is 0 Å². The van der Waals surface area contributed by atoms with Gasteiger partial charge in [-0.3, -0.25) is 24.4 Å². The lowest BCUT2D eigenvalue weighted by Crippen LogP contribution is -2.36. The maximum atomic E-state index is 13.4. The first-order chi connectivity index (χ1) is 17.0. The molecule has 0 aliphatic carbocycles. The molecule has 1 aromatic carbocycles. The second kappa shape index (κ2) is 9.34. The second-order valence-electron chi connectivity index (χ2n) is 8.38. The van der Waals surface area contributed by atoms with Gasteiger partial charge < -0.3 is 9.88 Å². The molecule has 174 valence electrons. The predicted octanol–water partition coefficient (Wildman–Crippen LogP) is 2.85. The Morgan fingerprint density at radius 2 is 1.83 bits per heavy atom. The van der Waals surface area contributed by atoms with E-state index in [0.29, 0.717) is 24.3 Å². The molecule has 5 rings (SSSR count). The van der Waals surface area contributed by atoms with E-state index in [4.69, 9.17) is 10.4 Å². The monoisotopic (exact) mass is 464 g/mol. The van der Waals surface area contributed by atoms with E-state index in [2.05, 4.69) is 10.3 Å². The SMILES string of the molecule is Cc1cccn2c(=O)c3cc(C(=O)NCCc4ccccc4)c(=N)n(Cc4cccnc4)c3nc12. The topological polar surface area (TPSA) is 105 Å². The van der Waals surface area contributed by atoms with Gasteiger partial charge in [0.2, 0.25) is 0 Å². The molecule has 0 aliphatic heterocycles. The van der Waals surface area contributed by atoms with Gasteiger partial charge >= 0.3 is 0 Å². The molecular formula is C27H24N6O2. The van der Waals surface area contributed by atoms with E-state index in [1.165, 1.54) is 10.5 Å².